The molecule has 2 rings (SSSR count). The molecule has 20 heavy (non-hydrogen) atoms. The molecule has 0 aliphatic carbocycles. The van der Waals surface area contributed by atoms with Crippen LogP contribution in [0.25, 0.3) is 0 Å². The number of ether oxygens (including phenoxy) is 1. The predicted octanol–water partition coefficient (Wildman–Crippen LogP) is 1.45. The second kappa shape index (κ2) is 8.93. The number of hydrogen-bond donors (Lipinski definition) is 0. The van der Waals surface area contributed by atoms with Crippen LogP contribution in [0.5, 0.6) is 0 Å². The molecule has 2 aromatic carbocycles. The van der Waals surface area contributed by atoms with Crippen LogP contribution in [0, 0.1) is 3.57 Å². The van der Waals surface area contributed by atoms with Crippen molar-refractivity contribution in [3.63, 3.8) is 0 Å². The van der Waals surface area contributed by atoms with Gasteiger partial charge in [-0.15, -0.1) is 0 Å². The molecule has 0 aliphatic heterocycles. The summed E-state index contributed by atoms with van der Waals surface area (Å²) < 4.78 is 9.63. The minimum atomic E-state index is 0.00434. The Kier molecular flexibility index (Phi) is 6.81. The summed E-state index contributed by atoms with van der Waals surface area (Å²) in [4.78, 5) is 0. The molecule has 0 saturated heterocycles. The minimum absolute atomic E-state index is 0.00434. The second-order valence-electron chi connectivity index (χ2n) is 4.61. The smallest absolute Gasteiger partial charge is 0.349 e. The number of hydrogen-bond acceptors (Lipinski definition) is 1. The first-order chi connectivity index (χ1) is 9.84. The molecule has 0 amide bonds. The van der Waals surface area contributed by atoms with Gasteiger partial charge in [-0.05, 0) is 37.1 Å². The van der Waals surface area contributed by atoms with Crippen molar-refractivity contribution in [1.82, 2.24) is 0 Å². The Morgan fingerprint density at radius 3 is 2.35 bits per heavy atom. The fraction of sp³-hybridized carbons (Fsp3) is 0.222. The third kappa shape index (κ3) is 5.88. The molecule has 1 unspecified atom stereocenters. The normalized spacial score (nSPS) is 12.7. The summed E-state index contributed by atoms with van der Waals surface area (Å²) in [6.45, 7) is 2.83. The topological polar surface area (TPSA) is 9.23 Å². The van der Waals surface area contributed by atoms with Crippen LogP contribution in [0.15, 0.2) is 70.8 Å². The van der Waals surface area contributed by atoms with E-state index < -0.39 is 0 Å². The molecule has 1 atom stereocenters. The van der Waals surface area contributed by atoms with Gasteiger partial charge >= 0.3 is 21.2 Å². The van der Waals surface area contributed by atoms with Crippen molar-refractivity contribution in [3.05, 3.63) is 80.0 Å². The Bertz CT molecular complexity index is 507. The summed E-state index contributed by atoms with van der Waals surface area (Å²) in [7, 11) is 0. The van der Waals surface area contributed by atoms with Crippen molar-refractivity contribution in [2.45, 2.75) is 26.1 Å². The summed E-state index contributed by atoms with van der Waals surface area (Å²) in [6, 6.07) is 21.0. The summed E-state index contributed by atoms with van der Waals surface area (Å²) in [6.07, 6.45) is 3.52. The summed E-state index contributed by atoms with van der Waals surface area (Å²) in [5, 5.41) is 0. The van der Waals surface area contributed by atoms with Crippen molar-refractivity contribution in [1.29, 1.82) is 0 Å². The molecule has 104 valence electrons. The lowest BCUT2D eigenvalue weighted by Crippen LogP contribution is -3.59. The van der Waals surface area contributed by atoms with E-state index in [1.54, 1.807) is 0 Å². The predicted molar refractivity (Wildman–Crippen MR) is 79.6 cm³/mol. The van der Waals surface area contributed by atoms with Gasteiger partial charge in [0.25, 0.3) is 0 Å². The fourth-order valence-corrected chi connectivity index (χ4v) is 3.52. The molecule has 0 N–H and O–H groups in total. The standard InChI is InChI=1S/C18H20IO/c1-16(20-15-17-10-4-2-5-11-17)9-8-14-19-18-12-6-3-7-13-18/h2-8,10-14,16H,9,15H2,1H3/q+1/b14-8+. The molecule has 0 radical (unpaired) electrons. The van der Waals surface area contributed by atoms with Crippen LogP contribution in [0.2, 0.25) is 0 Å². The van der Waals surface area contributed by atoms with Crippen molar-refractivity contribution >= 4 is 0 Å². The second-order valence-corrected chi connectivity index (χ2v) is 7.20. The monoisotopic (exact) mass is 379 g/mol. The van der Waals surface area contributed by atoms with E-state index in [1.165, 1.54) is 9.13 Å². The maximum Gasteiger partial charge on any atom is 0.349 e. The Morgan fingerprint density at radius 2 is 1.65 bits per heavy atom. The number of rotatable bonds is 7. The average Bonchev–Trinajstić information content (AvgIpc) is 2.52. The quantitative estimate of drug-likeness (QED) is 0.662. The van der Waals surface area contributed by atoms with Crippen LogP contribution in [-0.2, 0) is 11.3 Å². The van der Waals surface area contributed by atoms with Crippen LogP contribution in [-0.4, -0.2) is 6.10 Å². The molecule has 0 aliphatic rings. The van der Waals surface area contributed by atoms with Gasteiger partial charge in [-0.25, -0.2) is 0 Å². The molecule has 2 aromatic rings. The molecule has 0 spiro atoms. The van der Waals surface area contributed by atoms with E-state index in [-0.39, 0.29) is 27.3 Å². The Hall–Kier alpha value is -1.13. The van der Waals surface area contributed by atoms with Gasteiger partial charge in [-0.2, -0.15) is 0 Å². The van der Waals surface area contributed by atoms with E-state index in [4.69, 9.17) is 4.74 Å². The zero-order valence-corrected chi connectivity index (χ0v) is 13.9. The van der Waals surface area contributed by atoms with Crippen molar-refractivity contribution in [2.24, 2.45) is 0 Å². The highest BCUT2D eigenvalue weighted by atomic mass is 127. The zero-order chi connectivity index (χ0) is 14.0. The van der Waals surface area contributed by atoms with Gasteiger partial charge in [0.2, 0.25) is 0 Å². The van der Waals surface area contributed by atoms with E-state index in [1.807, 2.05) is 18.2 Å². The Balaban J connectivity index is 1.66. The lowest BCUT2D eigenvalue weighted by atomic mass is 10.2. The maximum atomic E-state index is 5.84. The highest BCUT2D eigenvalue weighted by molar-refractivity contribution is 5.13. The first-order valence-electron chi connectivity index (χ1n) is 6.83. The van der Waals surface area contributed by atoms with Gasteiger partial charge in [0, 0.05) is 0 Å². The highest BCUT2D eigenvalue weighted by Crippen LogP contribution is 2.05. The average molecular weight is 379 g/mol. The molecule has 2 heteroatoms. The van der Waals surface area contributed by atoms with Crippen LogP contribution >= 0.6 is 0 Å². The fourth-order valence-electron chi connectivity index (χ4n) is 1.73. The third-order valence-corrected chi connectivity index (χ3v) is 5.16. The van der Waals surface area contributed by atoms with Crippen LogP contribution < -0.4 is 21.2 Å². The summed E-state index contributed by atoms with van der Waals surface area (Å²) in [5.41, 5.74) is 1.24. The van der Waals surface area contributed by atoms with Gasteiger partial charge in [0.05, 0.1) is 12.7 Å². The molecular weight excluding hydrogens is 359 g/mol. The maximum absolute atomic E-state index is 5.84. The van der Waals surface area contributed by atoms with Crippen molar-refractivity contribution < 1.29 is 25.9 Å². The number of halogens is 1. The van der Waals surface area contributed by atoms with Gasteiger partial charge < -0.3 is 4.74 Å². The van der Waals surface area contributed by atoms with Crippen molar-refractivity contribution in [3.8, 4) is 0 Å². The van der Waals surface area contributed by atoms with Crippen LogP contribution in [0.1, 0.15) is 18.9 Å². The summed E-state index contributed by atoms with van der Waals surface area (Å²) >= 11 is 0.00434. The van der Waals surface area contributed by atoms with Crippen molar-refractivity contribution in [2.75, 3.05) is 0 Å². The zero-order valence-electron chi connectivity index (χ0n) is 11.7. The minimum Gasteiger partial charge on any atom is -0.374 e. The van der Waals surface area contributed by atoms with Gasteiger partial charge in [0.15, 0.2) is 7.65 Å². The SMILES string of the molecule is CC(C/C=C/[I+]c1ccccc1)OCc1ccccc1. The van der Waals surface area contributed by atoms with Crippen LogP contribution in [0.4, 0.5) is 0 Å². The molecule has 0 saturated carbocycles. The van der Waals surface area contributed by atoms with E-state index in [0.717, 1.165) is 6.42 Å². The number of benzene rings is 2. The highest BCUT2D eigenvalue weighted by Gasteiger charge is 2.06. The van der Waals surface area contributed by atoms with Crippen LogP contribution in [0.3, 0.4) is 0 Å². The lowest BCUT2D eigenvalue weighted by Gasteiger charge is -2.10. The molecule has 1 nitrogen and oxygen atoms in total. The van der Waals surface area contributed by atoms with E-state index in [9.17, 15) is 0 Å². The van der Waals surface area contributed by atoms with E-state index in [2.05, 4.69) is 59.5 Å². The van der Waals surface area contributed by atoms with E-state index >= 15 is 0 Å². The van der Waals surface area contributed by atoms with Gasteiger partial charge in [0.1, 0.15) is 0 Å². The molecule has 0 fully saturated rings. The molecule has 0 aromatic heterocycles. The lowest BCUT2D eigenvalue weighted by molar-refractivity contribution is -0.557. The third-order valence-electron chi connectivity index (χ3n) is 2.86. The molecule has 0 bridgehead atoms. The van der Waals surface area contributed by atoms with Gasteiger partial charge in [-0.1, -0.05) is 48.5 Å². The Labute approximate surface area is 131 Å². The largest absolute Gasteiger partial charge is 0.374 e. The van der Waals surface area contributed by atoms with Gasteiger partial charge in [-0.3, -0.25) is 0 Å². The first-order valence-corrected chi connectivity index (χ1v) is 9.16. The van der Waals surface area contributed by atoms with E-state index in [0.29, 0.717) is 6.61 Å². The first kappa shape index (κ1) is 15.3. The molecular formula is C18H20IO+. The Morgan fingerprint density at radius 1 is 1.00 bits per heavy atom. The molecule has 0 heterocycles. The summed E-state index contributed by atoms with van der Waals surface area (Å²) in [5.74, 6) is 0.